The number of rotatable bonds is 3. The molecular weight excluding hydrogens is 246 g/mol. The van der Waals surface area contributed by atoms with Gasteiger partial charge in [0.2, 0.25) is 0 Å². The maximum Gasteiger partial charge on any atom is 0.253 e. The lowest BCUT2D eigenvalue weighted by Crippen LogP contribution is -2.22. The van der Waals surface area contributed by atoms with Gasteiger partial charge in [0, 0.05) is 21.7 Å². The highest BCUT2D eigenvalue weighted by Gasteiger charge is 2.11. The first-order valence-corrected chi connectivity index (χ1v) is 6.44. The lowest BCUT2D eigenvalue weighted by atomic mass is 10.1. The van der Waals surface area contributed by atoms with Crippen LogP contribution in [0.1, 0.15) is 16.1 Å². The molecule has 0 fully saturated rings. The molecule has 0 saturated carbocycles. The van der Waals surface area contributed by atoms with Crippen molar-refractivity contribution >= 4 is 27.3 Å². The highest BCUT2D eigenvalue weighted by molar-refractivity contribution is 7.17. The van der Waals surface area contributed by atoms with E-state index in [1.807, 2.05) is 29.6 Å². The molecule has 1 amide bonds. The molecule has 90 valence electrons. The maximum atomic E-state index is 12.1. The summed E-state index contributed by atoms with van der Waals surface area (Å²) in [7, 11) is 0. The van der Waals surface area contributed by atoms with Crippen LogP contribution in [-0.4, -0.2) is 15.9 Å². The minimum Gasteiger partial charge on any atom is -0.347 e. The summed E-state index contributed by atoms with van der Waals surface area (Å²) in [6.07, 6.45) is 3.30. The SMILES string of the molecule is O=C(NCc1cnc[nH]1)c1csc2ccccc12. The van der Waals surface area contributed by atoms with E-state index in [2.05, 4.69) is 15.3 Å². The van der Waals surface area contributed by atoms with Crippen molar-refractivity contribution in [2.45, 2.75) is 6.54 Å². The van der Waals surface area contributed by atoms with Crippen molar-refractivity contribution in [1.29, 1.82) is 0 Å². The molecule has 0 aliphatic carbocycles. The van der Waals surface area contributed by atoms with Gasteiger partial charge in [0.1, 0.15) is 0 Å². The monoisotopic (exact) mass is 257 g/mol. The number of aromatic nitrogens is 2. The van der Waals surface area contributed by atoms with Crippen LogP contribution in [0.5, 0.6) is 0 Å². The first-order valence-electron chi connectivity index (χ1n) is 5.56. The second-order valence-electron chi connectivity index (χ2n) is 3.91. The molecule has 2 N–H and O–H groups in total. The van der Waals surface area contributed by atoms with E-state index in [-0.39, 0.29) is 5.91 Å². The number of H-pyrrole nitrogens is 1. The number of benzene rings is 1. The first kappa shape index (κ1) is 11.0. The summed E-state index contributed by atoms with van der Waals surface area (Å²) >= 11 is 1.58. The van der Waals surface area contributed by atoms with Gasteiger partial charge in [-0.2, -0.15) is 0 Å². The van der Waals surface area contributed by atoms with Crippen molar-refractivity contribution in [2.24, 2.45) is 0 Å². The number of fused-ring (bicyclic) bond motifs is 1. The normalized spacial score (nSPS) is 10.7. The number of amides is 1. The summed E-state index contributed by atoms with van der Waals surface area (Å²) in [6, 6.07) is 7.91. The fraction of sp³-hybridized carbons (Fsp3) is 0.0769. The van der Waals surface area contributed by atoms with Crippen LogP contribution >= 0.6 is 11.3 Å². The fourth-order valence-corrected chi connectivity index (χ4v) is 2.75. The largest absolute Gasteiger partial charge is 0.347 e. The van der Waals surface area contributed by atoms with Crippen LogP contribution in [0.25, 0.3) is 10.1 Å². The Morgan fingerprint density at radius 1 is 1.39 bits per heavy atom. The molecule has 18 heavy (non-hydrogen) atoms. The van der Waals surface area contributed by atoms with Gasteiger partial charge < -0.3 is 10.3 Å². The van der Waals surface area contributed by atoms with E-state index in [0.717, 1.165) is 21.3 Å². The Morgan fingerprint density at radius 3 is 3.11 bits per heavy atom. The van der Waals surface area contributed by atoms with Gasteiger partial charge in [0.15, 0.2) is 0 Å². The number of hydrogen-bond acceptors (Lipinski definition) is 3. The minimum atomic E-state index is -0.0537. The van der Waals surface area contributed by atoms with Crippen LogP contribution < -0.4 is 5.32 Å². The molecule has 0 aliphatic rings. The van der Waals surface area contributed by atoms with Crippen LogP contribution in [-0.2, 0) is 6.54 Å². The number of nitrogens with zero attached hydrogens (tertiary/aromatic N) is 1. The first-order chi connectivity index (χ1) is 8.84. The topological polar surface area (TPSA) is 57.8 Å². The highest BCUT2D eigenvalue weighted by atomic mass is 32.1. The average Bonchev–Trinajstić information content (AvgIpc) is 3.05. The Balaban J connectivity index is 1.80. The van der Waals surface area contributed by atoms with E-state index in [0.29, 0.717) is 6.54 Å². The Kier molecular flexibility index (Phi) is 2.82. The summed E-state index contributed by atoms with van der Waals surface area (Å²) in [6.45, 7) is 0.461. The third-order valence-electron chi connectivity index (χ3n) is 2.72. The molecule has 2 aromatic heterocycles. The molecule has 0 radical (unpaired) electrons. The number of thiophene rings is 1. The standard InChI is InChI=1S/C13H11N3OS/c17-13(15-6-9-5-14-8-16-9)11-7-18-12-4-2-1-3-10(11)12/h1-5,7-8H,6H2,(H,14,16)(H,15,17). The Bertz CT molecular complexity index is 672. The third kappa shape index (κ3) is 2.00. The van der Waals surface area contributed by atoms with Gasteiger partial charge in [-0.15, -0.1) is 11.3 Å². The molecule has 3 rings (SSSR count). The second kappa shape index (κ2) is 4.62. The highest BCUT2D eigenvalue weighted by Crippen LogP contribution is 2.25. The number of carbonyl (C=O) groups excluding carboxylic acids is 1. The minimum absolute atomic E-state index is 0.0537. The van der Waals surface area contributed by atoms with Crippen LogP contribution in [0.4, 0.5) is 0 Å². The molecule has 5 heteroatoms. The molecule has 2 heterocycles. The summed E-state index contributed by atoms with van der Waals surface area (Å²) in [5.74, 6) is -0.0537. The van der Waals surface area contributed by atoms with Gasteiger partial charge >= 0.3 is 0 Å². The smallest absolute Gasteiger partial charge is 0.253 e. The molecular formula is C13H11N3OS. The van der Waals surface area contributed by atoms with E-state index in [9.17, 15) is 4.79 Å². The van der Waals surface area contributed by atoms with E-state index in [1.165, 1.54) is 0 Å². The fourth-order valence-electron chi connectivity index (χ4n) is 1.81. The number of aromatic amines is 1. The van der Waals surface area contributed by atoms with E-state index in [1.54, 1.807) is 23.9 Å². The Labute approximate surface area is 108 Å². The van der Waals surface area contributed by atoms with Crippen molar-refractivity contribution in [3.05, 3.63) is 53.4 Å². The quantitative estimate of drug-likeness (QED) is 0.757. The molecule has 0 unspecified atom stereocenters. The second-order valence-corrected chi connectivity index (χ2v) is 4.82. The number of carbonyl (C=O) groups is 1. The lowest BCUT2D eigenvalue weighted by molar-refractivity contribution is 0.0952. The molecule has 4 nitrogen and oxygen atoms in total. The van der Waals surface area contributed by atoms with Crippen molar-refractivity contribution in [2.75, 3.05) is 0 Å². The molecule has 0 saturated heterocycles. The Hall–Kier alpha value is -2.14. The van der Waals surface area contributed by atoms with Gasteiger partial charge in [-0.25, -0.2) is 4.98 Å². The van der Waals surface area contributed by atoms with Gasteiger partial charge in [-0.05, 0) is 6.07 Å². The molecule has 0 bridgehead atoms. The maximum absolute atomic E-state index is 12.1. The van der Waals surface area contributed by atoms with E-state index < -0.39 is 0 Å². The lowest BCUT2D eigenvalue weighted by Gasteiger charge is -2.02. The van der Waals surface area contributed by atoms with Gasteiger partial charge in [0.05, 0.1) is 24.1 Å². The summed E-state index contributed by atoms with van der Waals surface area (Å²) < 4.78 is 1.13. The molecule has 0 atom stereocenters. The van der Waals surface area contributed by atoms with Gasteiger partial charge in [0.25, 0.3) is 5.91 Å². The van der Waals surface area contributed by atoms with Crippen molar-refractivity contribution in [3.63, 3.8) is 0 Å². The van der Waals surface area contributed by atoms with Crippen molar-refractivity contribution in [3.8, 4) is 0 Å². The zero-order valence-electron chi connectivity index (χ0n) is 9.51. The number of hydrogen-bond donors (Lipinski definition) is 2. The Morgan fingerprint density at radius 2 is 2.28 bits per heavy atom. The third-order valence-corrected chi connectivity index (χ3v) is 3.68. The van der Waals surface area contributed by atoms with E-state index in [4.69, 9.17) is 0 Å². The predicted molar refractivity (Wildman–Crippen MR) is 71.6 cm³/mol. The zero-order valence-corrected chi connectivity index (χ0v) is 10.3. The van der Waals surface area contributed by atoms with Gasteiger partial charge in [-0.1, -0.05) is 18.2 Å². The molecule has 1 aromatic carbocycles. The zero-order chi connectivity index (χ0) is 12.4. The number of imidazole rings is 1. The molecule has 0 aliphatic heterocycles. The van der Waals surface area contributed by atoms with E-state index >= 15 is 0 Å². The summed E-state index contributed by atoms with van der Waals surface area (Å²) in [5.41, 5.74) is 1.62. The van der Waals surface area contributed by atoms with Crippen LogP contribution in [0.3, 0.4) is 0 Å². The summed E-state index contributed by atoms with van der Waals surface area (Å²) in [5, 5.41) is 5.78. The average molecular weight is 257 g/mol. The van der Waals surface area contributed by atoms with Crippen LogP contribution in [0.2, 0.25) is 0 Å². The molecule has 3 aromatic rings. The van der Waals surface area contributed by atoms with Crippen LogP contribution in [0, 0.1) is 0 Å². The van der Waals surface area contributed by atoms with Crippen LogP contribution in [0.15, 0.2) is 42.2 Å². The summed E-state index contributed by atoms with van der Waals surface area (Å²) in [4.78, 5) is 18.9. The van der Waals surface area contributed by atoms with Gasteiger partial charge in [-0.3, -0.25) is 4.79 Å². The van der Waals surface area contributed by atoms with Crippen molar-refractivity contribution < 1.29 is 4.79 Å². The molecule has 0 spiro atoms. The van der Waals surface area contributed by atoms with Crippen molar-refractivity contribution in [1.82, 2.24) is 15.3 Å². The predicted octanol–water partition coefficient (Wildman–Crippen LogP) is 2.55. The number of nitrogens with one attached hydrogen (secondary N) is 2.